The van der Waals surface area contributed by atoms with E-state index in [1.54, 1.807) is 17.8 Å². The Morgan fingerprint density at radius 2 is 1.91 bits per heavy atom. The number of aromatic nitrogens is 5. The molecule has 4 heterocycles. The first-order chi connectivity index (χ1) is 20.7. The molecular weight excluding hydrogens is 599 g/mol. The molecule has 0 aromatic carbocycles. The summed E-state index contributed by atoms with van der Waals surface area (Å²) in [5, 5.41) is 8.51. The lowest BCUT2D eigenvalue weighted by Crippen LogP contribution is -2.41. The van der Waals surface area contributed by atoms with Gasteiger partial charge in [0.25, 0.3) is 15.9 Å². The molecule has 1 saturated heterocycles. The van der Waals surface area contributed by atoms with Crippen molar-refractivity contribution in [2.24, 2.45) is 5.41 Å². The van der Waals surface area contributed by atoms with Gasteiger partial charge in [0, 0.05) is 30.9 Å². The highest BCUT2D eigenvalue weighted by molar-refractivity contribution is 7.90. The number of halogens is 3. The number of sulfonamides is 1. The van der Waals surface area contributed by atoms with Crippen molar-refractivity contribution in [3.63, 3.8) is 0 Å². The molecule has 3 aromatic rings. The second-order valence-corrected chi connectivity index (χ2v) is 13.8. The maximum absolute atomic E-state index is 13.5. The number of carbonyl (C=O) groups is 1. The number of hydrogen-bond acceptors (Lipinski definition) is 8. The van der Waals surface area contributed by atoms with Crippen molar-refractivity contribution in [1.29, 1.82) is 0 Å². The van der Waals surface area contributed by atoms with Gasteiger partial charge in [-0.25, -0.2) is 22.8 Å². The van der Waals surface area contributed by atoms with Gasteiger partial charge >= 0.3 is 6.18 Å². The quantitative estimate of drug-likeness (QED) is 0.288. The van der Waals surface area contributed by atoms with Gasteiger partial charge in [-0.3, -0.25) is 9.48 Å². The number of hydrogen-bond donors (Lipinski definition) is 1. The van der Waals surface area contributed by atoms with Crippen molar-refractivity contribution in [2.75, 3.05) is 18.1 Å². The molecule has 1 aliphatic carbocycles. The lowest BCUT2D eigenvalue weighted by atomic mass is 10.0. The minimum absolute atomic E-state index is 0.0681. The van der Waals surface area contributed by atoms with Crippen molar-refractivity contribution in [2.45, 2.75) is 95.8 Å². The van der Waals surface area contributed by atoms with Gasteiger partial charge in [-0.15, -0.1) is 5.10 Å². The van der Waals surface area contributed by atoms with Crippen molar-refractivity contribution < 1.29 is 31.1 Å². The molecule has 15 heteroatoms. The molecule has 2 aliphatic rings. The number of aryl methyl sites for hydroxylation is 1. The molecule has 0 atom stereocenters. The van der Waals surface area contributed by atoms with Crippen LogP contribution in [0.5, 0.6) is 5.88 Å². The number of anilines is 1. The largest absolute Gasteiger partial charge is 0.477 e. The Morgan fingerprint density at radius 1 is 1.16 bits per heavy atom. The highest BCUT2D eigenvalue weighted by Crippen LogP contribution is 2.59. The molecular formula is C29H38F3N7O4S. The Balaban J connectivity index is 1.38. The Hall–Kier alpha value is -3.62. The summed E-state index contributed by atoms with van der Waals surface area (Å²) in [6.07, 6.45) is 2.10. The number of nitrogens with zero attached hydrogens (tertiary/aromatic N) is 6. The number of rotatable bonds is 12. The van der Waals surface area contributed by atoms with Crippen molar-refractivity contribution in [3.8, 4) is 11.7 Å². The number of unbranched alkanes of at least 4 members (excludes halogenated alkanes) is 1. The third kappa shape index (κ3) is 6.28. The molecule has 11 nitrogen and oxygen atoms in total. The average Bonchev–Trinajstić information content (AvgIpc) is 3.25. The number of nitrogens with one attached hydrogen (secondary N) is 1. The first kappa shape index (κ1) is 31.8. The van der Waals surface area contributed by atoms with E-state index in [0.29, 0.717) is 30.4 Å². The molecule has 0 spiro atoms. The van der Waals surface area contributed by atoms with Crippen LogP contribution in [-0.2, 0) is 16.6 Å². The summed E-state index contributed by atoms with van der Waals surface area (Å²) >= 11 is 0. The molecule has 3 aromatic heterocycles. The number of carbonyl (C=O) groups excluding carboxylic acids is 1. The van der Waals surface area contributed by atoms with Crippen LogP contribution in [0, 0.1) is 12.3 Å². The van der Waals surface area contributed by atoms with E-state index >= 15 is 0 Å². The van der Waals surface area contributed by atoms with Gasteiger partial charge in [0.05, 0.1) is 29.5 Å². The van der Waals surface area contributed by atoms with E-state index in [9.17, 15) is 26.4 Å². The Kier molecular flexibility index (Phi) is 8.46. The molecule has 0 unspecified atom stereocenters. The fourth-order valence-electron chi connectivity index (χ4n) is 5.60. The van der Waals surface area contributed by atoms with Crippen LogP contribution in [0.4, 0.5) is 19.0 Å². The number of pyridine rings is 1. The predicted octanol–water partition coefficient (Wildman–Crippen LogP) is 5.18. The molecule has 5 rings (SSSR count). The first-order valence-corrected chi connectivity index (χ1v) is 16.3. The summed E-state index contributed by atoms with van der Waals surface area (Å²) < 4.78 is 77.0. The summed E-state index contributed by atoms with van der Waals surface area (Å²) in [5.74, 6) is -0.0490. The molecule has 1 N–H and O–H groups in total. The van der Waals surface area contributed by atoms with Crippen LogP contribution < -0.4 is 14.4 Å². The summed E-state index contributed by atoms with van der Waals surface area (Å²) in [6, 6.07) is 4.56. The zero-order chi connectivity index (χ0) is 31.9. The maximum atomic E-state index is 13.5. The van der Waals surface area contributed by atoms with E-state index in [1.165, 1.54) is 29.1 Å². The molecule has 2 fully saturated rings. The highest BCUT2D eigenvalue weighted by Gasteiger charge is 2.62. The standard InChI is InChI=1S/C29H38F3N7O4S/c1-5-6-16-38-20(2)22(19-33-38)44(41,42)36-26(40)21-8-9-23(34-25(21)37-15-7-11-27(37,3)4)39-17-10-24(35-39)43-18-14-28(12-13-28)29(30,31)32/h8-10,17,19H,5-7,11-16,18H2,1-4H3,(H,36,40). The third-order valence-corrected chi connectivity index (χ3v) is 10.1. The molecule has 1 saturated carbocycles. The average molecular weight is 638 g/mol. The lowest BCUT2D eigenvalue weighted by Gasteiger charge is -2.34. The summed E-state index contributed by atoms with van der Waals surface area (Å²) in [7, 11) is -4.23. The van der Waals surface area contributed by atoms with E-state index in [2.05, 4.69) is 14.9 Å². The summed E-state index contributed by atoms with van der Waals surface area (Å²) in [4.78, 5) is 20.2. The number of ether oxygens (including phenoxy) is 1. The zero-order valence-electron chi connectivity index (χ0n) is 25.3. The van der Waals surface area contributed by atoms with Crippen LogP contribution in [0.3, 0.4) is 0 Å². The van der Waals surface area contributed by atoms with Gasteiger partial charge < -0.3 is 9.64 Å². The molecule has 44 heavy (non-hydrogen) atoms. The Bertz CT molecular complexity index is 1630. The topological polar surface area (TPSA) is 124 Å². The SMILES string of the molecule is CCCCn1ncc(S(=O)(=O)NC(=O)c2ccc(-n3ccc(OCCC4(C(F)(F)F)CC4)n3)nc2N2CCCC2(C)C)c1C. The summed E-state index contributed by atoms with van der Waals surface area (Å²) in [6.45, 7) is 8.77. The van der Waals surface area contributed by atoms with E-state index < -0.39 is 27.5 Å². The van der Waals surface area contributed by atoms with Crippen LogP contribution in [0.2, 0.25) is 0 Å². The Morgan fingerprint density at radius 3 is 2.55 bits per heavy atom. The smallest absolute Gasteiger partial charge is 0.394 e. The van der Waals surface area contributed by atoms with E-state index in [0.717, 1.165) is 25.7 Å². The fourth-order valence-corrected chi connectivity index (χ4v) is 6.74. The zero-order valence-corrected chi connectivity index (χ0v) is 26.1. The monoisotopic (exact) mass is 637 g/mol. The molecule has 1 amide bonds. The van der Waals surface area contributed by atoms with Crippen LogP contribution in [0.1, 0.15) is 81.8 Å². The Labute approximate surface area is 254 Å². The van der Waals surface area contributed by atoms with E-state index in [1.807, 2.05) is 25.7 Å². The van der Waals surface area contributed by atoms with Gasteiger partial charge in [0.1, 0.15) is 10.7 Å². The normalized spacial score (nSPS) is 17.6. The second kappa shape index (κ2) is 11.7. The van der Waals surface area contributed by atoms with E-state index in [4.69, 9.17) is 9.72 Å². The number of alkyl halides is 3. The molecule has 1 aliphatic heterocycles. The minimum atomic E-state index is -4.25. The molecule has 0 radical (unpaired) electrons. The van der Waals surface area contributed by atoms with Crippen molar-refractivity contribution in [3.05, 3.63) is 41.9 Å². The van der Waals surface area contributed by atoms with Gasteiger partial charge in [0.2, 0.25) is 5.88 Å². The van der Waals surface area contributed by atoms with Gasteiger partial charge in [-0.1, -0.05) is 13.3 Å². The van der Waals surface area contributed by atoms with Crippen LogP contribution in [0.25, 0.3) is 5.82 Å². The molecule has 0 bridgehead atoms. The van der Waals surface area contributed by atoms with Crippen molar-refractivity contribution >= 4 is 21.7 Å². The number of amides is 1. The van der Waals surface area contributed by atoms with Crippen LogP contribution in [-0.4, -0.2) is 63.7 Å². The first-order valence-electron chi connectivity index (χ1n) is 14.8. The summed E-state index contributed by atoms with van der Waals surface area (Å²) in [5.41, 5.74) is -1.50. The second-order valence-electron chi connectivity index (χ2n) is 12.2. The van der Waals surface area contributed by atoms with Crippen LogP contribution in [0.15, 0.2) is 35.5 Å². The maximum Gasteiger partial charge on any atom is 0.394 e. The predicted molar refractivity (Wildman–Crippen MR) is 156 cm³/mol. The minimum Gasteiger partial charge on any atom is -0.477 e. The molecule has 240 valence electrons. The van der Waals surface area contributed by atoms with E-state index in [-0.39, 0.29) is 47.7 Å². The third-order valence-electron chi connectivity index (χ3n) is 8.64. The van der Waals surface area contributed by atoms with Gasteiger partial charge in [-0.05, 0) is 71.4 Å². The highest BCUT2D eigenvalue weighted by atomic mass is 32.2. The lowest BCUT2D eigenvalue weighted by molar-refractivity contribution is -0.190. The van der Waals surface area contributed by atoms with Gasteiger partial charge in [0.15, 0.2) is 5.82 Å². The fraction of sp³-hybridized carbons (Fsp3) is 0.586. The van der Waals surface area contributed by atoms with Crippen LogP contribution >= 0.6 is 0 Å². The van der Waals surface area contributed by atoms with Gasteiger partial charge in [-0.2, -0.15) is 18.3 Å². The van der Waals surface area contributed by atoms with Crippen molar-refractivity contribution in [1.82, 2.24) is 29.3 Å².